The lowest BCUT2D eigenvalue weighted by atomic mass is 9.78. The summed E-state index contributed by atoms with van der Waals surface area (Å²) < 4.78 is 0. The van der Waals surface area contributed by atoms with Crippen LogP contribution >= 0.6 is 11.3 Å². The van der Waals surface area contributed by atoms with Crippen LogP contribution in [0.25, 0.3) is 10.6 Å². The minimum Gasteiger partial charge on any atom is -0.508 e. The number of rotatable bonds is 1. The average Bonchev–Trinajstić information content (AvgIpc) is 2.71. The molecule has 0 aliphatic heterocycles. The fraction of sp³-hybridized carbons (Fsp3) is 0.333. The normalized spacial score (nSPS) is 17.3. The third-order valence-corrected chi connectivity index (χ3v) is 4.52. The molecule has 0 bridgehead atoms. The molecule has 0 saturated carbocycles. The summed E-state index contributed by atoms with van der Waals surface area (Å²) >= 11 is 1.43. The molecule has 1 aliphatic carbocycles. The Morgan fingerprint density at radius 2 is 2.11 bits per heavy atom. The zero-order valence-electron chi connectivity index (χ0n) is 10.9. The molecule has 0 saturated heterocycles. The molecule has 4 heteroatoms. The highest BCUT2D eigenvalue weighted by atomic mass is 32.1. The second kappa shape index (κ2) is 4.17. The number of carbonyl (C=O) groups is 1. The summed E-state index contributed by atoms with van der Waals surface area (Å²) in [4.78, 5) is 17.5. The second-order valence-corrected chi connectivity index (χ2v) is 6.79. The summed E-state index contributed by atoms with van der Waals surface area (Å²) in [5.74, 6) is 0.410. The first-order valence-electron chi connectivity index (χ1n) is 6.27. The van der Waals surface area contributed by atoms with E-state index in [9.17, 15) is 9.90 Å². The van der Waals surface area contributed by atoms with E-state index in [1.54, 1.807) is 18.2 Å². The third kappa shape index (κ3) is 2.28. The number of Topliss-reactive ketones (excluding diaryl/α,β-unsaturated/α-hetero) is 1. The van der Waals surface area contributed by atoms with Crippen LogP contribution < -0.4 is 0 Å². The van der Waals surface area contributed by atoms with E-state index in [1.165, 1.54) is 11.3 Å². The van der Waals surface area contributed by atoms with Gasteiger partial charge in [-0.3, -0.25) is 4.79 Å². The van der Waals surface area contributed by atoms with Gasteiger partial charge in [0, 0.05) is 12.0 Å². The van der Waals surface area contributed by atoms with E-state index in [0.29, 0.717) is 6.42 Å². The third-order valence-electron chi connectivity index (χ3n) is 3.33. The number of hydrogen-bond acceptors (Lipinski definition) is 4. The number of aromatic hydroxyl groups is 1. The molecule has 1 heterocycles. The predicted octanol–water partition coefficient (Wildman–Crippen LogP) is 3.67. The van der Waals surface area contributed by atoms with Crippen molar-refractivity contribution in [3.63, 3.8) is 0 Å². The number of fused-ring (bicyclic) bond motifs is 1. The maximum atomic E-state index is 12.1. The van der Waals surface area contributed by atoms with E-state index in [2.05, 4.69) is 18.8 Å². The molecule has 2 aromatic rings. The Morgan fingerprint density at radius 1 is 1.32 bits per heavy atom. The van der Waals surface area contributed by atoms with Crippen molar-refractivity contribution in [2.45, 2.75) is 26.7 Å². The van der Waals surface area contributed by atoms with Crippen LogP contribution in [0.3, 0.4) is 0 Å². The van der Waals surface area contributed by atoms with Gasteiger partial charge in [0.1, 0.15) is 10.8 Å². The van der Waals surface area contributed by atoms with Crippen LogP contribution in [0.5, 0.6) is 5.75 Å². The Hall–Kier alpha value is -1.68. The lowest BCUT2D eigenvalue weighted by Gasteiger charge is -2.26. The van der Waals surface area contributed by atoms with Crippen molar-refractivity contribution in [1.29, 1.82) is 0 Å². The zero-order chi connectivity index (χ0) is 13.6. The van der Waals surface area contributed by atoms with Gasteiger partial charge in [-0.1, -0.05) is 26.0 Å². The van der Waals surface area contributed by atoms with Gasteiger partial charge in [-0.2, -0.15) is 0 Å². The van der Waals surface area contributed by atoms with Gasteiger partial charge in [0.15, 0.2) is 5.78 Å². The summed E-state index contributed by atoms with van der Waals surface area (Å²) in [5, 5.41) is 10.3. The monoisotopic (exact) mass is 273 g/mol. The van der Waals surface area contributed by atoms with E-state index in [4.69, 9.17) is 0 Å². The molecule has 0 unspecified atom stereocenters. The number of thiazole rings is 1. The van der Waals surface area contributed by atoms with Crippen LogP contribution in [0.1, 0.15) is 35.6 Å². The molecule has 3 rings (SSSR count). The molecular formula is C15H15NO2S. The van der Waals surface area contributed by atoms with Gasteiger partial charge in [0.25, 0.3) is 0 Å². The molecule has 3 nitrogen and oxygen atoms in total. The number of phenolic OH excluding ortho intramolecular Hbond substituents is 1. The number of carbonyl (C=O) groups excluding carboxylic acids is 1. The molecule has 1 aliphatic rings. The number of ketones is 1. The Morgan fingerprint density at radius 3 is 2.84 bits per heavy atom. The van der Waals surface area contributed by atoms with Crippen molar-refractivity contribution in [3.8, 4) is 16.3 Å². The van der Waals surface area contributed by atoms with Crippen LogP contribution in [0.4, 0.5) is 0 Å². The fourth-order valence-electron chi connectivity index (χ4n) is 2.48. The van der Waals surface area contributed by atoms with Gasteiger partial charge < -0.3 is 5.11 Å². The summed E-state index contributed by atoms with van der Waals surface area (Å²) in [5.41, 5.74) is 1.77. The first-order valence-corrected chi connectivity index (χ1v) is 7.09. The van der Waals surface area contributed by atoms with Gasteiger partial charge >= 0.3 is 0 Å². The Bertz CT molecular complexity index is 658. The first kappa shape index (κ1) is 12.4. The topological polar surface area (TPSA) is 50.2 Å². The smallest absolute Gasteiger partial charge is 0.175 e. The number of benzene rings is 1. The van der Waals surface area contributed by atoms with E-state index in [0.717, 1.165) is 27.6 Å². The number of nitrogens with zero attached hydrogens (tertiary/aromatic N) is 1. The van der Waals surface area contributed by atoms with E-state index in [-0.39, 0.29) is 16.9 Å². The molecule has 1 N–H and O–H groups in total. The molecule has 98 valence electrons. The van der Waals surface area contributed by atoms with Crippen molar-refractivity contribution in [2.24, 2.45) is 5.41 Å². The van der Waals surface area contributed by atoms with Gasteiger partial charge in [-0.25, -0.2) is 4.98 Å². The second-order valence-electron chi connectivity index (χ2n) is 5.79. The molecule has 0 atom stereocenters. The fourth-order valence-corrected chi connectivity index (χ4v) is 3.50. The lowest BCUT2D eigenvalue weighted by Crippen LogP contribution is -2.25. The quantitative estimate of drug-likeness (QED) is 0.862. The standard InChI is InChI=1S/C15H15NO2S/c1-15(2)7-11-13(12(18)8-15)19-14(16-11)9-4-3-5-10(17)6-9/h3-6,17H,7-8H2,1-2H3. The van der Waals surface area contributed by atoms with Gasteiger partial charge in [0.2, 0.25) is 0 Å². The highest BCUT2D eigenvalue weighted by Crippen LogP contribution is 2.39. The first-order chi connectivity index (χ1) is 8.94. The van der Waals surface area contributed by atoms with Gasteiger partial charge in [0.05, 0.1) is 10.6 Å². The summed E-state index contributed by atoms with van der Waals surface area (Å²) in [6.07, 6.45) is 1.42. The maximum absolute atomic E-state index is 12.1. The lowest BCUT2D eigenvalue weighted by molar-refractivity contribution is 0.0916. The Labute approximate surface area is 115 Å². The predicted molar refractivity (Wildman–Crippen MR) is 75.6 cm³/mol. The van der Waals surface area contributed by atoms with Crippen LogP contribution in [0.15, 0.2) is 24.3 Å². The minimum atomic E-state index is -0.00570. The molecule has 1 aromatic heterocycles. The largest absolute Gasteiger partial charge is 0.508 e. The van der Waals surface area contributed by atoms with Crippen LogP contribution in [-0.4, -0.2) is 15.9 Å². The molecular weight excluding hydrogens is 258 g/mol. The van der Waals surface area contributed by atoms with Gasteiger partial charge in [-0.15, -0.1) is 11.3 Å². The van der Waals surface area contributed by atoms with E-state index >= 15 is 0 Å². The minimum absolute atomic E-state index is 0.00570. The average molecular weight is 273 g/mol. The number of phenols is 1. The summed E-state index contributed by atoms with van der Waals surface area (Å²) in [6, 6.07) is 7.00. The molecule has 0 radical (unpaired) electrons. The highest BCUT2D eigenvalue weighted by Gasteiger charge is 2.33. The Balaban J connectivity index is 2.06. The van der Waals surface area contributed by atoms with Crippen molar-refractivity contribution < 1.29 is 9.90 Å². The zero-order valence-corrected chi connectivity index (χ0v) is 11.8. The van der Waals surface area contributed by atoms with Crippen molar-refractivity contribution >= 4 is 17.1 Å². The van der Waals surface area contributed by atoms with E-state index < -0.39 is 0 Å². The molecule has 19 heavy (non-hydrogen) atoms. The number of aromatic nitrogens is 1. The Kier molecular flexibility index (Phi) is 2.71. The molecule has 1 aromatic carbocycles. The van der Waals surface area contributed by atoms with Gasteiger partial charge in [-0.05, 0) is 24.0 Å². The maximum Gasteiger partial charge on any atom is 0.175 e. The summed E-state index contributed by atoms with van der Waals surface area (Å²) in [6.45, 7) is 4.20. The van der Waals surface area contributed by atoms with Crippen molar-refractivity contribution in [3.05, 3.63) is 34.8 Å². The van der Waals surface area contributed by atoms with Crippen LogP contribution in [0.2, 0.25) is 0 Å². The van der Waals surface area contributed by atoms with Crippen molar-refractivity contribution in [2.75, 3.05) is 0 Å². The molecule has 0 amide bonds. The SMILES string of the molecule is CC1(C)CC(=O)c2sc(-c3cccc(O)c3)nc2C1. The highest BCUT2D eigenvalue weighted by molar-refractivity contribution is 7.17. The molecule has 0 spiro atoms. The van der Waals surface area contributed by atoms with Crippen LogP contribution in [-0.2, 0) is 6.42 Å². The van der Waals surface area contributed by atoms with Crippen molar-refractivity contribution in [1.82, 2.24) is 4.98 Å². The number of hydrogen-bond donors (Lipinski definition) is 1. The summed E-state index contributed by atoms with van der Waals surface area (Å²) in [7, 11) is 0. The molecule has 0 fully saturated rings. The van der Waals surface area contributed by atoms with Crippen LogP contribution in [0, 0.1) is 5.41 Å². The van der Waals surface area contributed by atoms with E-state index in [1.807, 2.05) is 6.07 Å².